The van der Waals surface area contributed by atoms with E-state index in [1.807, 2.05) is 0 Å². The summed E-state index contributed by atoms with van der Waals surface area (Å²) in [6.07, 6.45) is -4.54. The van der Waals surface area contributed by atoms with Crippen molar-refractivity contribution in [1.82, 2.24) is 4.90 Å². The highest BCUT2D eigenvalue weighted by atomic mass is 79.9. The Morgan fingerprint density at radius 1 is 1.38 bits per heavy atom. The van der Waals surface area contributed by atoms with Gasteiger partial charge >= 0.3 is 18.2 Å². The smallest absolute Gasteiger partial charge is 0.416 e. The fourth-order valence-corrected chi connectivity index (χ4v) is 1.83. The van der Waals surface area contributed by atoms with E-state index < -0.39 is 30.3 Å². The number of likely N-dealkylation sites (N-methyl/N-ethyl adjacent to an activating group) is 1. The fraction of sp³-hybridized carbons (Fsp3) is 0.333. The van der Waals surface area contributed by atoms with Crippen molar-refractivity contribution in [3.8, 4) is 0 Å². The van der Waals surface area contributed by atoms with Gasteiger partial charge in [0.05, 0.1) is 11.3 Å². The molecular formula is C12H12BrF3N2O3. The SMILES string of the molecule is CCN(CC(=O)O)C(=O)Nc1cc(C(F)(F)F)ccc1Br. The Morgan fingerprint density at radius 3 is 2.48 bits per heavy atom. The number of carboxylic acid groups (broad SMARTS) is 1. The lowest BCUT2D eigenvalue weighted by Gasteiger charge is -2.20. The number of hydrogen-bond donors (Lipinski definition) is 2. The number of benzene rings is 1. The molecule has 21 heavy (non-hydrogen) atoms. The maximum absolute atomic E-state index is 12.6. The fourth-order valence-electron chi connectivity index (χ4n) is 1.48. The Kier molecular flexibility index (Phi) is 5.59. The maximum Gasteiger partial charge on any atom is 0.416 e. The summed E-state index contributed by atoms with van der Waals surface area (Å²) in [7, 11) is 0. The first-order valence-corrected chi connectivity index (χ1v) is 6.59. The van der Waals surface area contributed by atoms with Crippen molar-refractivity contribution in [3.05, 3.63) is 28.2 Å². The van der Waals surface area contributed by atoms with Crippen molar-refractivity contribution in [3.63, 3.8) is 0 Å². The maximum atomic E-state index is 12.6. The molecule has 1 aromatic carbocycles. The molecule has 0 heterocycles. The van der Waals surface area contributed by atoms with Gasteiger partial charge in [0.2, 0.25) is 0 Å². The third-order valence-corrected chi connectivity index (χ3v) is 3.22. The number of hydrogen-bond acceptors (Lipinski definition) is 2. The molecule has 0 aromatic heterocycles. The summed E-state index contributed by atoms with van der Waals surface area (Å²) in [6, 6.07) is 2.01. The molecule has 9 heteroatoms. The molecule has 0 spiro atoms. The standard InChI is InChI=1S/C12H12BrF3N2O3/c1-2-18(6-10(19)20)11(21)17-9-5-7(12(14,15)16)3-4-8(9)13/h3-5H,2,6H2,1H3,(H,17,21)(H,19,20). The van der Waals surface area contributed by atoms with Crippen LogP contribution < -0.4 is 5.32 Å². The van der Waals surface area contributed by atoms with Crippen LogP contribution in [0.1, 0.15) is 12.5 Å². The first-order valence-electron chi connectivity index (χ1n) is 5.79. The lowest BCUT2D eigenvalue weighted by atomic mass is 10.2. The van der Waals surface area contributed by atoms with Crippen molar-refractivity contribution in [2.45, 2.75) is 13.1 Å². The van der Waals surface area contributed by atoms with E-state index in [0.29, 0.717) is 0 Å². The topological polar surface area (TPSA) is 69.6 Å². The second-order valence-corrected chi connectivity index (χ2v) is 4.88. The number of carbonyl (C=O) groups excluding carboxylic acids is 1. The summed E-state index contributed by atoms with van der Waals surface area (Å²) in [5.74, 6) is -1.21. The average molecular weight is 369 g/mol. The average Bonchev–Trinajstić information content (AvgIpc) is 2.36. The zero-order valence-electron chi connectivity index (χ0n) is 10.9. The minimum atomic E-state index is -4.54. The summed E-state index contributed by atoms with van der Waals surface area (Å²) >= 11 is 3.03. The van der Waals surface area contributed by atoms with Gasteiger partial charge in [-0.1, -0.05) is 0 Å². The predicted octanol–water partition coefficient (Wildman–Crippen LogP) is 3.41. The Bertz CT molecular complexity index is 549. The van der Waals surface area contributed by atoms with Gasteiger partial charge in [-0.05, 0) is 41.1 Å². The second kappa shape index (κ2) is 6.79. The van der Waals surface area contributed by atoms with Gasteiger partial charge in [-0.25, -0.2) is 4.79 Å². The van der Waals surface area contributed by atoms with Crippen molar-refractivity contribution in [2.24, 2.45) is 0 Å². The van der Waals surface area contributed by atoms with Crippen LogP contribution in [0.3, 0.4) is 0 Å². The summed E-state index contributed by atoms with van der Waals surface area (Å²) in [5, 5.41) is 10.9. The van der Waals surface area contributed by atoms with Gasteiger partial charge in [0.1, 0.15) is 6.54 Å². The van der Waals surface area contributed by atoms with Gasteiger partial charge in [0.15, 0.2) is 0 Å². The van der Waals surface area contributed by atoms with Crippen LogP contribution in [0.5, 0.6) is 0 Å². The predicted molar refractivity (Wildman–Crippen MR) is 73.0 cm³/mol. The van der Waals surface area contributed by atoms with Crippen molar-refractivity contribution >= 4 is 33.6 Å². The molecule has 0 saturated carbocycles. The van der Waals surface area contributed by atoms with Crippen LogP contribution in [0.25, 0.3) is 0 Å². The zero-order chi connectivity index (χ0) is 16.2. The van der Waals surface area contributed by atoms with Crippen LogP contribution in [-0.4, -0.2) is 35.1 Å². The molecule has 0 aliphatic heterocycles. The Balaban J connectivity index is 2.96. The molecule has 0 saturated heterocycles. The van der Waals surface area contributed by atoms with Gasteiger partial charge in [0, 0.05) is 11.0 Å². The van der Waals surface area contributed by atoms with Crippen LogP contribution >= 0.6 is 15.9 Å². The number of nitrogens with zero attached hydrogens (tertiary/aromatic N) is 1. The van der Waals surface area contributed by atoms with E-state index in [1.165, 1.54) is 0 Å². The van der Waals surface area contributed by atoms with Gasteiger partial charge in [0.25, 0.3) is 0 Å². The van der Waals surface area contributed by atoms with Crippen molar-refractivity contribution in [2.75, 3.05) is 18.4 Å². The molecule has 0 unspecified atom stereocenters. The lowest BCUT2D eigenvalue weighted by Crippen LogP contribution is -2.38. The summed E-state index contributed by atoms with van der Waals surface area (Å²) in [4.78, 5) is 23.4. The van der Waals surface area contributed by atoms with Gasteiger partial charge in [-0.2, -0.15) is 13.2 Å². The Labute approximate surface area is 126 Å². The Hall–Kier alpha value is -1.77. The number of carboxylic acids is 1. The van der Waals surface area contributed by atoms with Crippen LogP contribution in [0.4, 0.5) is 23.7 Å². The number of carbonyl (C=O) groups is 2. The number of alkyl halides is 3. The summed E-state index contributed by atoms with van der Waals surface area (Å²) in [5.41, 5.74) is -0.999. The highest BCUT2D eigenvalue weighted by Gasteiger charge is 2.31. The molecule has 0 atom stereocenters. The van der Waals surface area contributed by atoms with E-state index in [9.17, 15) is 22.8 Å². The second-order valence-electron chi connectivity index (χ2n) is 4.03. The third kappa shape index (κ3) is 4.92. The molecule has 0 radical (unpaired) electrons. The van der Waals surface area contributed by atoms with Crippen molar-refractivity contribution in [1.29, 1.82) is 0 Å². The molecule has 116 valence electrons. The monoisotopic (exact) mass is 368 g/mol. The lowest BCUT2D eigenvalue weighted by molar-refractivity contribution is -0.138. The van der Waals surface area contributed by atoms with E-state index in [0.717, 1.165) is 23.1 Å². The van der Waals surface area contributed by atoms with Crippen LogP contribution in [0.2, 0.25) is 0 Å². The molecule has 0 bridgehead atoms. The van der Waals surface area contributed by atoms with Crippen LogP contribution in [-0.2, 0) is 11.0 Å². The molecule has 0 aliphatic carbocycles. The minimum absolute atomic E-state index is 0.0846. The van der Waals surface area contributed by atoms with E-state index in [4.69, 9.17) is 5.11 Å². The first kappa shape index (κ1) is 17.3. The third-order valence-electron chi connectivity index (χ3n) is 2.53. The number of rotatable bonds is 4. The minimum Gasteiger partial charge on any atom is -0.480 e. The van der Waals surface area contributed by atoms with Gasteiger partial charge in [-0.3, -0.25) is 4.79 Å². The highest BCUT2D eigenvalue weighted by Crippen LogP contribution is 2.34. The summed E-state index contributed by atoms with van der Waals surface area (Å²) < 4.78 is 38.1. The number of nitrogens with one attached hydrogen (secondary N) is 1. The zero-order valence-corrected chi connectivity index (χ0v) is 12.5. The molecule has 2 N–H and O–H groups in total. The number of amides is 2. The van der Waals surface area contributed by atoms with Crippen LogP contribution in [0.15, 0.2) is 22.7 Å². The molecule has 1 rings (SSSR count). The molecule has 0 aliphatic rings. The van der Waals surface area contributed by atoms with Gasteiger partial charge < -0.3 is 15.3 Å². The Morgan fingerprint density at radius 2 is 2.00 bits per heavy atom. The van der Waals surface area contributed by atoms with E-state index in [1.54, 1.807) is 6.92 Å². The largest absolute Gasteiger partial charge is 0.480 e. The quantitative estimate of drug-likeness (QED) is 0.855. The molecular weight excluding hydrogens is 357 g/mol. The summed E-state index contributed by atoms with van der Waals surface area (Å²) in [6.45, 7) is 1.12. The number of urea groups is 1. The van der Waals surface area contributed by atoms with E-state index >= 15 is 0 Å². The number of aliphatic carboxylic acids is 1. The number of anilines is 1. The first-order chi connectivity index (χ1) is 9.65. The molecule has 5 nitrogen and oxygen atoms in total. The highest BCUT2D eigenvalue weighted by molar-refractivity contribution is 9.10. The molecule has 2 amide bonds. The van der Waals surface area contributed by atoms with Crippen molar-refractivity contribution < 1.29 is 27.9 Å². The van der Waals surface area contributed by atoms with Crippen LogP contribution in [0, 0.1) is 0 Å². The number of halogens is 4. The normalized spacial score (nSPS) is 11.1. The molecule has 0 fully saturated rings. The van der Waals surface area contributed by atoms with E-state index in [-0.39, 0.29) is 16.7 Å². The van der Waals surface area contributed by atoms with E-state index in [2.05, 4.69) is 21.2 Å². The molecule has 1 aromatic rings. The van der Waals surface area contributed by atoms with Gasteiger partial charge in [-0.15, -0.1) is 0 Å².